The molecule has 96 valence electrons. The van der Waals surface area contributed by atoms with Gasteiger partial charge >= 0.3 is 6.09 Å². The second-order valence-electron chi connectivity index (χ2n) is 5.43. The molecule has 1 saturated carbocycles. The van der Waals surface area contributed by atoms with Gasteiger partial charge in [-0.3, -0.25) is 4.79 Å². The molecule has 1 aliphatic heterocycles. The number of carbonyl (C=O) groups is 1. The number of rotatable bonds is 1. The Hall–Kier alpha value is -1.78. The van der Waals surface area contributed by atoms with Crippen molar-refractivity contribution in [2.45, 2.75) is 30.7 Å². The highest BCUT2D eigenvalue weighted by Crippen LogP contribution is 2.53. The zero-order valence-corrected chi connectivity index (χ0v) is 10.3. The van der Waals surface area contributed by atoms with E-state index in [0.717, 1.165) is 24.8 Å². The summed E-state index contributed by atoms with van der Waals surface area (Å²) in [5, 5.41) is 9.21. The van der Waals surface area contributed by atoms with Crippen LogP contribution in [0.5, 0.6) is 0 Å². The molecule has 3 rings (SSSR count). The molecule has 18 heavy (non-hydrogen) atoms. The number of carboxylic acid groups (broad SMARTS) is 1. The van der Waals surface area contributed by atoms with Gasteiger partial charge in [-0.15, -0.1) is 0 Å². The van der Waals surface area contributed by atoms with Crippen LogP contribution in [-0.4, -0.2) is 32.8 Å². The van der Waals surface area contributed by atoms with Gasteiger partial charge in [0.2, 0.25) is 0 Å². The normalized spacial score (nSPS) is 24.5. The predicted molar refractivity (Wildman–Crippen MR) is 65.7 cm³/mol. The van der Waals surface area contributed by atoms with Crippen molar-refractivity contribution < 1.29 is 9.90 Å². The Morgan fingerprint density at radius 2 is 2.22 bits per heavy atom. The van der Waals surface area contributed by atoms with E-state index < -0.39 is 6.09 Å². The molecule has 1 amide bonds. The second-order valence-corrected chi connectivity index (χ2v) is 5.43. The summed E-state index contributed by atoms with van der Waals surface area (Å²) in [6.07, 6.45) is 3.69. The summed E-state index contributed by atoms with van der Waals surface area (Å²) in [6.45, 7) is 0.516. The molecule has 5 heteroatoms. The van der Waals surface area contributed by atoms with Gasteiger partial charge in [0.25, 0.3) is 5.56 Å². The molecule has 2 aliphatic rings. The van der Waals surface area contributed by atoms with Crippen LogP contribution in [0.3, 0.4) is 0 Å². The molecular weight excluding hydrogens is 232 g/mol. The van der Waals surface area contributed by atoms with Gasteiger partial charge in [-0.1, -0.05) is 0 Å². The lowest BCUT2D eigenvalue weighted by atomic mass is 9.96. The van der Waals surface area contributed by atoms with Gasteiger partial charge in [-0.05, 0) is 30.9 Å². The molecule has 1 saturated heterocycles. The van der Waals surface area contributed by atoms with Gasteiger partial charge in [0, 0.05) is 37.3 Å². The Bertz CT molecular complexity index is 560. The average molecular weight is 248 g/mol. The van der Waals surface area contributed by atoms with Crippen LogP contribution in [0.1, 0.15) is 30.7 Å². The van der Waals surface area contributed by atoms with Crippen LogP contribution in [0, 0.1) is 0 Å². The lowest BCUT2D eigenvalue weighted by molar-refractivity contribution is 0.135. The van der Waals surface area contributed by atoms with Crippen molar-refractivity contribution in [3.8, 4) is 0 Å². The molecule has 2 heterocycles. The maximum absolute atomic E-state index is 11.6. The maximum Gasteiger partial charge on any atom is 0.407 e. The van der Waals surface area contributed by atoms with Gasteiger partial charge in [0.15, 0.2) is 0 Å². The van der Waals surface area contributed by atoms with Crippen LogP contribution >= 0.6 is 0 Å². The number of hydrogen-bond donors (Lipinski definition) is 1. The van der Waals surface area contributed by atoms with Crippen LogP contribution in [-0.2, 0) is 7.05 Å². The Morgan fingerprint density at radius 1 is 1.50 bits per heavy atom. The van der Waals surface area contributed by atoms with Crippen LogP contribution < -0.4 is 5.56 Å². The molecule has 0 radical (unpaired) electrons. The third kappa shape index (κ3) is 1.62. The van der Waals surface area contributed by atoms with E-state index in [2.05, 4.69) is 0 Å². The van der Waals surface area contributed by atoms with E-state index in [-0.39, 0.29) is 17.0 Å². The third-order valence-corrected chi connectivity index (χ3v) is 4.26. The minimum atomic E-state index is -0.834. The summed E-state index contributed by atoms with van der Waals surface area (Å²) in [6, 6.07) is 3.56. The molecule has 1 aliphatic carbocycles. The van der Waals surface area contributed by atoms with Crippen molar-refractivity contribution in [3.63, 3.8) is 0 Å². The van der Waals surface area contributed by atoms with E-state index in [1.54, 1.807) is 24.2 Å². The quantitative estimate of drug-likeness (QED) is 0.816. The van der Waals surface area contributed by atoms with E-state index in [9.17, 15) is 14.7 Å². The fourth-order valence-corrected chi connectivity index (χ4v) is 2.99. The van der Waals surface area contributed by atoms with Crippen LogP contribution in [0.4, 0.5) is 4.79 Å². The summed E-state index contributed by atoms with van der Waals surface area (Å²) in [5.41, 5.74) is 0.802. The van der Waals surface area contributed by atoms with Crippen molar-refractivity contribution in [1.29, 1.82) is 0 Å². The lowest BCUT2D eigenvalue weighted by Crippen LogP contribution is -2.35. The monoisotopic (exact) mass is 248 g/mol. The molecule has 2 fully saturated rings. The van der Waals surface area contributed by atoms with E-state index in [4.69, 9.17) is 0 Å². The van der Waals surface area contributed by atoms with Crippen LogP contribution in [0.2, 0.25) is 0 Å². The molecule has 1 atom stereocenters. The first-order valence-corrected chi connectivity index (χ1v) is 6.19. The van der Waals surface area contributed by atoms with Gasteiger partial charge in [0.1, 0.15) is 0 Å². The Morgan fingerprint density at radius 3 is 2.72 bits per heavy atom. The number of hydrogen-bond acceptors (Lipinski definition) is 2. The summed E-state index contributed by atoms with van der Waals surface area (Å²) < 4.78 is 1.53. The number of likely N-dealkylation sites (tertiary alicyclic amines) is 1. The number of aryl methyl sites for hydroxylation is 1. The number of nitrogens with zero attached hydrogens (tertiary/aromatic N) is 2. The smallest absolute Gasteiger partial charge is 0.407 e. The highest BCUT2D eigenvalue weighted by molar-refractivity contribution is 5.68. The molecular formula is C13H16N2O3. The highest BCUT2D eigenvalue weighted by atomic mass is 16.4. The van der Waals surface area contributed by atoms with Gasteiger partial charge in [-0.25, -0.2) is 4.79 Å². The average Bonchev–Trinajstić information content (AvgIpc) is 2.95. The van der Waals surface area contributed by atoms with Crippen molar-refractivity contribution >= 4 is 6.09 Å². The second kappa shape index (κ2) is 3.60. The fraction of sp³-hybridized carbons (Fsp3) is 0.538. The zero-order chi connectivity index (χ0) is 12.9. The number of amides is 1. The van der Waals surface area contributed by atoms with Gasteiger partial charge in [0.05, 0.1) is 0 Å². The molecule has 1 spiro atoms. The molecule has 5 nitrogen and oxygen atoms in total. The summed E-state index contributed by atoms with van der Waals surface area (Å²) in [4.78, 5) is 24.4. The number of aromatic nitrogens is 1. The Kier molecular flexibility index (Phi) is 2.27. The highest BCUT2D eigenvalue weighted by Gasteiger charge is 2.56. The van der Waals surface area contributed by atoms with E-state index in [1.807, 2.05) is 6.07 Å². The first-order chi connectivity index (χ1) is 8.52. The summed E-state index contributed by atoms with van der Waals surface area (Å²) in [5.74, 6) is 0.164. The van der Waals surface area contributed by atoms with E-state index >= 15 is 0 Å². The fourth-order valence-electron chi connectivity index (χ4n) is 2.99. The molecule has 1 aromatic heterocycles. The van der Waals surface area contributed by atoms with Crippen molar-refractivity contribution in [3.05, 3.63) is 34.2 Å². The Labute approximate surface area is 105 Å². The molecule has 1 unspecified atom stereocenters. The zero-order valence-electron chi connectivity index (χ0n) is 10.3. The maximum atomic E-state index is 11.6. The van der Waals surface area contributed by atoms with Crippen molar-refractivity contribution in [2.24, 2.45) is 7.05 Å². The first-order valence-electron chi connectivity index (χ1n) is 6.19. The lowest BCUT2D eigenvalue weighted by Gasteiger charge is -2.19. The predicted octanol–water partition coefficient (Wildman–Crippen LogP) is 1.39. The molecule has 1 aromatic rings. The largest absolute Gasteiger partial charge is 0.465 e. The van der Waals surface area contributed by atoms with Crippen molar-refractivity contribution in [1.82, 2.24) is 9.47 Å². The van der Waals surface area contributed by atoms with E-state index in [0.29, 0.717) is 6.54 Å². The third-order valence-electron chi connectivity index (χ3n) is 4.26. The minimum Gasteiger partial charge on any atom is -0.465 e. The Balaban J connectivity index is 1.89. The topological polar surface area (TPSA) is 62.5 Å². The standard InChI is InChI=1S/C13H16N2O3/c1-14-5-2-9(6-11(14)16)10-7-13(3-4-13)15(8-10)12(17)18/h2,5-6,10H,3-4,7-8H2,1H3,(H,17,18). The molecule has 0 bridgehead atoms. The van der Waals surface area contributed by atoms with E-state index in [1.165, 1.54) is 4.57 Å². The first kappa shape index (κ1) is 11.3. The molecule has 1 N–H and O–H groups in total. The summed E-state index contributed by atoms with van der Waals surface area (Å²) >= 11 is 0. The van der Waals surface area contributed by atoms with Gasteiger partial charge in [-0.2, -0.15) is 0 Å². The van der Waals surface area contributed by atoms with Gasteiger partial charge < -0.3 is 14.6 Å². The molecule has 0 aromatic carbocycles. The summed E-state index contributed by atoms with van der Waals surface area (Å²) in [7, 11) is 1.71. The van der Waals surface area contributed by atoms with Crippen LogP contribution in [0.15, 0.2) is 23.1 Å². The van der Waals surface area contributed by atoms with Crippen molar-refractivity contribution in [2.75, 3.05) is 6.54 Å². The minimum absolute atomic E-state index is 0.0360. The number of pyridine rings is 1. The SMILES string of the molecule is Cn1ccc(C2CN(C(=O)O)C3(CC3)C2)cc1=O. The van der Waals surface area contributed by atoms with Crippen LogP contribution in [0.25, 0.3) is 0 Å².